The first kappa shape index (κ1) is 29.6. The lowest BCUT2D eigenvalue weighted by Crippen LogP contribution is -2.45. The Morgan fingerprint density at radius 2 is 1.68 bits per heavy atom. The van der Waals surface area contributed by atoms with Crippen LogP contribution in [0.5, 0.6) is 0 Å². The van der Waals surface area contributed by atoms with Gasteiger partial charge in [-0.1, -0.05) is 92.5 Å². The number of hydrogen-bond acceptors (Lipinski definition) is 4. The van der Waals surface area contributed by atoms with E-state index in [4.69, 9.17) is 17.3 Å². The van der Waals surface area contributed by atoms with Crippen LogP contribution in [0.4, 0.5) is 0 Å². The van der Waals surface area contributed by atoms with Crippen molar-refractivity contribution in [1.29, 1.82) is 0 Å². The zero-order valence-electron chi connectivity index (χ0n) is 21.7. The van der Waals surface area contributed by atoms with Crippen molar-refractivity contribution in [3.8, 4) is 0 Å². The lowest BCUT2D eigenvalue weighted by atomic mass is 9.86. The van der Waals surface area contributed by atoms with Crippen LogP contribution in [-0.2, 0) is 19.6 Å². The van der Waals surface area contributed by atoms with E-state index >= 15 is 0 Å². The van der Waals surface area contributed by atoms with Crippen LogP contribution in [-0.4, -0.2) is 30.5 Å². The third kappa shape index (κ3) is 6.53. The van der Waals surface area contributed by atoms with Gasteiger partial charge in [0.15, 0.2) is 5.78 Å². The van der Waals surface area contributed by atoms with E-state index < -0.39 is 39.3 Å². The SMILES string of the molecule is CC(C)C[C@H](CC(=O)C1=C[C@@H](C(C)(C)C)N(S(=O)(=O)c2ccccc2Cl)[C@H]1c1ccc(Br)cc1)C(N)=O. The Balaban J connectivity index is 2.20. The van der Waals surface area contributed by atoms with Gasteiger partial charge in [0.25, 0.3) is 0 Å². The van der Waals surface area contributed by atoms with E-state index in [1.54, 1.807) is 30.3 Å². The van der Waals surface area contributed by atoms with E-state index in [2.05, 4.69) is 15.9 Å². The monoisotopic (exact) mass is 608 g/mol. The van der Waals surface area contributed by atoms with Crippen molar-refractivity contribution in [2.45, 2.75) is 64.4 Å². The summed E-state index contributed by atoms with van der Waals surface area (Å²) in [6.45, 7) is 9.72. The number of hydrogen-bond donors (Lipinski definition) is 1. The number of primary amides is 1. The van der Waals surface area contributed by atoms with Crippen LogP contribution in [0.2, 0.25) is 5.02 Å². The summed E-state index contributed by atoms with van der Waals surface area (Å²) in [6.07, 6.45) is 2.14. The van der Waals surface area contributed by atoms with Gasteiger partial charge in [0.1, 0.15) is 4.90 Å². The minimum atomic E-state index is -4.15. The fraction of sp³-hybridized carbons (Fsp3) is 0.429. The number of benzene rings is 2. The van der Waals surface area contributed by atoms with E-state index in [0.29, 0.717) is 17.6 Å². The molecule has 6 nitrogen and oxygen atoms in total. The van der Waals surface area contributed by atoms with E-state index in [-0.39, 0.29) is 28.0 Å². The molecule has 1 aliphatic heterocycles. The molecule has 0 saturated heterocycles. The van der Waals surface area contributed by atoms with E-state index in [9.17, 15) is 18.0 Å². The first-order valence-electron chi connectivity index (χ1n) is 12.2. The Labute approximate surface area is 233 Å². The van der Waals surface area contributed by atoms with Crippen molar-refractivity contribution in [2.24, 2.45) is 23.0 Å². The van der Waals surface area contributed by atoms with E-state index in [1.807, 2.05) is 46.8 Å². The Morgan fingerprint density at radius 3 is 2.19 bits per heavy atom. The first-order chi connectivity index (χ1) is 17.1. The summed E-state index contributed by atoms with van der Waals surface area (Å²) in [4.78, 5) is 26.0. The molecule has 3 atom stereocenters. The molecule has 37 heavy (non-hydrogen) atoms. The molecule has 2 N–H and O–H groups in total. The molecule has 0 unspecified atom stereocenters. The second kappa shape index (κ2) is 11.4. The number of rotatable bonds is 9. The number of nitrogens with two attached hydrogens (primary N) is 1. The molecular formula is C28H34BrClN2O4S. The summed E-state index contributed by atoms with van der Waals surface area (Å²) in [6, 6.07) is 12.0. The topological polar surface area (TPSA) is 97.5 Å². The maximum atomic E-state index is 14.2. The van der Waals surface area contributed by atoms with Gasteiger partial charge >= 0.3 is 0 Å². The summed E-state index contributed by atoms with van der Waals surface area (Å²) < 4.78 is 30.7. The summed E-state index contributed by atoms with van der Waals surface area (Å²) in [5.74, 6) is -1.29. The van der Waals surface area contributed by atoms with Gasteiger partial charge in [-0.3, -0.25) is 9.59 Å². The summed E-state index contributed by atoms with van der Waals surface area (Å²) >= 11 is 9.80. The molecule has 0 bridgehead atoms. The van der Waals surface area contributed by atoms with Crippen LogP contribution in [0.15, 0.2) is 69.5 Å². The Hall–Kier alpha value is -2.00. The molecule has 0 saturated carbocycles. The van der Waals surface area contributed by atoms with E-state index in [1.165, 1.54) is 16.4 Å². The maximum absolute atomic E-state index is 14.2. The third-order valence-corrected chi connectivity index (χ3v) is 9.41. The molecule has 2 aromatic carbocycles. The van der Waals surface area contributed by atoms with E-state index in [0.717, 1.165) is 4.47 Å². The number of sulfonamides is 1. The normalized spacial score (nSPS) is 19.6. The first-order valence-corrected chi connectivity index (χ1v) is 14.8. The van der Waals surface area contributed by atoms with Gasteiger partial charge in [0, 0.05) is 28.4 Å². The van der Waals surface area contributed by atoms with Crippen molar-refractivity contribution < 1.29 is 18.0 Å². The van der Waals surface area contributed by atoms with Crippen molar-refractivity contribution >= 4 is 49.2 Å². The number of nitrogens with zero attached hydrogens (tertiary/aromatic N) is 1. The minimum absolute atomic E-state index is 0.0232. The highest BCUT2D eigenvalue weighted by molar-refractivity contribution is 9.10. The van der Waals surface area contributed by atoms with Crippen molar-refractivity contribution in [1.82, 2.24) is 4.31 Å². The molecular weight excluding hydrogens is 576 g/mol. The van der Waals surface area contributed by atoms with Crippen LogP contribution in [0, 0.1) is 17.3 Å². The highest BCUT2D eigenvalue weighted by Crippen LogP contribution is 2.47. The highest BCUT2D eigenvalue weighted by Gasteiger charge is 2.50. The molecule has 0 spiro atoms. The molecule has 200 valence electrons. The van der Waals surface area contributed by atoms with Gasteiger partial charge in [-0.25, -0.2) is 8.42 Å². The molecule has 3 rings (SSSR count). The average Bonchev–Trinajstić information content (AvgIpc) is 3.21. The van der Waals surface area contributed by atoms with Crippen molar-refractivity contribution in [2.75, 3.05) is 0 Å². The Bertz CT molecular complexity index is 1300. The molecule has 1 aliphatic rings. The third-order valence-electron chi connectivity index (χ3n) is 6.54. The number of amides is 1. The number of halogens is 2. The van der Waals surface area contributed by atoms with Gasteiger partial charge in [-0.05, 0) is 47.6 Å². The summed E-state index contributed by atoms with van der Waals surface area (Å²) in [5, 5.41) is 0.107. The molecule has 2 aromatic rings. The molecule has 1 amide bonds. The molecule has 1 heterocycles. The second-order valence-electron chi connectivity index (χ2n) is 11.0. The molecule has 0 radical (unpaired) electrons. The number of Topliss-reactive ketones (excluding diaryl/α,β-unsaturated/α-hetero) is 1. The minimum Gasteiger partial charge on any atom is -0.369 e. The molecule has 9 heteroatoms. The van der Waals surface area contributed by atoms with Crippen molar-refractivity contribution in [3.05, 3.63) is 75.2 Å². The van der Waals surface area contributed by atoms with Gasteiger partial charge in [-0.15, -0.1) is 0 Å². The highest BCUT2D eigenvalue weighted by atomic mass is 79.9. The largest absolute Gasteiger partial charge is 0.369 e. The standard InChI is InChI=1S/C28H34BrClN2O4S/c1-17(2)14-19(27(31)34)15-23(33)21-16-25(28(3,4)5)32(26(21)18-10-12-20(29)13-11-18)37(35,36)24-9-7-6-8-22(24)30/h6-13,16-17,19,25-26H,14-15H2,1-5H3,(H2,31,34)/t19-,25+,26+/m1/s1. The second-order valence-corrected chi connectivity index (χ2v) is 14.1. The maximum Gasteiger partial charge on any atom is 0.245 e. The molecule has 0 aromatic heterocycles. The van der Waals surface area contributed by atoms with Crippen LogP contribution < -0.4 is 5.73 Å². The Kier molecular flexibility index (Phi) is 9.10. The predicted molar refractivity (Wildman–Crippen MR) is 150 cm³/mol. The zero-order chi connectivity index (χ0) is 27.7. The summed E-state index contributed by atoms with van der Waals surface area (Å²) in [7, 11) is -4.15. The molecule has 0 aliphatic carbocycles. The fourth-order valence-corrected chi connectivity index (χ4v) is 7.42. The quantitative estimate of drug-likeness (QED) is 0.361. The van der Waals surface area contributed by atoms with Gasteiger partial charge in [0.2, 0.25) is 15.9 Å². The van der Waals surface area contributed by atoms with Crippen LogP contribution >= 0.6 is 27.5 Å². The molecule has 0 fully saturated rings. The van der Waals surface area contributed by atoms with Crippen LogP contribution in [0.25, 0.3) is 0 Å². The Morgan fingerprint density at radius 1 is 1.08 bits per heavy atom. The number of ketones is 1. The average molecular weight is 610 g/mol. The van der Waals surface area contributed by atoms with Gasteiger partial charge in [-0.2, -0.15) is 4.31 Å². The fourth-order valence-electron chi connectivity index (χ4n) is 4.75. The van der Waals surface area contributed by atoms with Gasteiger partial charge < -0.3 is 5.73 Å². The lowest BCUT2D eigenvalue weighted by Gasteiger charge is -2.37. The lowest BCUT2D eigenvalue weighted by molar-refractivity contribution is -0.126. The predicted octanol–water partition coefficient (Wildman–Crippen LogP) is 6.30. The number of carbonyl (C=O) groups excluding carboxylic acids is 2. The smallest absolute Gasteiger partial charge is 0.245 e. The summed E-state index contributed by atoms with van der Waals surface area (Å²) in [5.41, 5.74) is 6.08. The zero-order valence-corrected chi connectivity index (χ0v) is 24.9. The van der Waals surface area contributed by atoms with Crippen LogP contribution in [0.1, 0.15) is 59.1 Å². The van der Waals surface area contributed by atoms with Crippen LogP contribution in [0.3, 0.4) is 0 Å². The van der Waals surface area contributed by atoms with Crippen molar-refractivity contribution in [3.63, 3.8) is 0 Å². The number of carbonyl (C=O) groups is 2. The van der Waals surface area contributed by atoms with Gasteiger partial charge in [0.05, 0.1) is 11.1 Å².